The molecule has 28 heavy (non-hydrogen) atoms. The fourth-order valence-corrected chi connectivity index (χ4v) is 2.58. The Hall–Kier alpha value is -3.78. The van der Waals surface area contributed by atoms with E-state index in [1.807, 2.05) is 54.6 Å². The third kappa shape index (κ3) is 5.36. The maximum atomic E-state index is 12.3. The molecule has 1 amide bonds. The molecule has 0 saturated carbocycles. The highest BCUT2D eigenvalue weighted by molar-refractivity contribution is 5.96. The van der Waals surface area contributed by atoms with Crippen molar-refractivity contribution in [3.63, 3.8) is 0 Å². The van der Waals surface area contributed by atoms with E-state index in [1.165, 1.54) is 0 Å². The van der Waals surface area contributed by atoms with Crippen molar-refractivity contribution in [3.05, 3.63) is 90.0 Å². The quantitative estimate of drug-likeness (QED) is 0.638. The summed E-state index contributed by atoms with van der Waals surface area (Å²) in [5.74, 6) is 0.609. The summed E-state index contributed by atoms with van der Waals surface area (Å²) in [5, 5.41) is 14.8. The van der Waals surface area contributed by atoms with Gasteiger partial charge in [-0.25, -0.2) is 0 Å². The first-order valence-electron chi connectivity index (χ1n) is 8.98. The van der Waals surface area contributed by atoms with Gasteiger partial charge in [0.2, 0.25) is 5.91 Å². The van der Waals surface area contributed by atoms with Crippen LogP contribution in [0.25, 0.3) is 0 Å². The number of nitrogens with one attached hydrogen (secondary N) is 2. The lowest BCUT2D eigenvalue weighted by atomic mass is 10.2. The summed E-state index contributed by atoms with van der Waals surface area (Å²) in [6.07, 6.45) is 0. The van der Waals surface area contributed by atoms with E-state index in [9.17, 15) is 4.79 Å². The highest BCUT2D eigenvalue weighted by Crippen LogP contribution is 2.18. The molecule has 0 radical (unpaired) electrons. The average Bonchev–Trinajstić information content (AvgIpc) is 2.74. The second-order valence-corrected chi connectivity index (χ2v) is 6.34. The van der Waals surface area contributed by atoms with Crippen LogP contribution in [-0.4, -0.2) is 11.9 Å². The summed E-state index contributed by atoms with van der Waals surface area (Å²) in [6, 6.07) is 25.9. The fourth-order valence-electron chi connectivity index (χ4n) is 2.58. The summed E-state index contributed by atoms with van der Waals surface area (Å²) in [5.41, 5.74) is 3.15. The van der Waals surface area contributed by atoms with Gasteiger partial charge in [0, 0.05) is 11.4 Å². The van der Waals surface area contributed by atoms with Crippen molar-refractivity contribution in [2.75, 3.05) is 10.6 Å². The molecule has 0 unspecified atom stereocenters. The minimum atomic E-state index is -0.424. The van der Waals surface area contributed by atoms with Gasteiger partial charge in [-0.05, 0) is 61.0 Å². The van der Waals surface area contributed by atoms with Crippen LogP contribution in [0, 0.1) is 11.3 Å². The highest BCUT2D eigenvalue weighted by Gasteiger charge is 2.13. The molecule has 5 nitrogen and oxygen atoms in total. The van der Waals surface area contributed by atoms with Crippen molar-refractivity contribution in [3.8, 4) is 11.8 Å². The van der Waals surface area contributed by atoms with Gasteiger partial charge in [0.25, 0.3) is 0 Å². The van der Waals surface area contributed by atoms with Crippen molar-refractivity contribution in [1.29, 1.82) is 5.26 Å². The molecule has 0 aliphatic heterocycles. The molecule has 0 spiro atoms. The molecule has 5 heteroatoms. The average molecular weight is 371 g/mol. The molecule has 0 aliphatic rings. The number of hydrogen-bond donors (Lipinski definition) is 2. The van der Waals surface area contributed by atoms with Crippen LogP contribution in [0.15, 0.2) is 78.9 Å². The van der Waals surface area contributed by atoms with E-state index in [2.05, 4.69) is 16.7 Å². The van der Waals surface area contributed by atoms with Crippen molar-refractivity contribution in [2.45, 2.75) is 19.6 Å². The van der Waals surface area contributed by atoms with E-state index in [1.54, 1.807) is 31.2 Å². The first-order chi connectivity index (χ1) is 13.6. The molecule has 0 saturated heterocycles. The second kappa shape index (κ2) is 9.24. The lowest BCUT2D eigenvalue weighted by Crippen LogP contribution is -2.31. The van der Waals surface area contributed by atoms with Gasteiger partial charge >= 0.3 is 0 Å². The Kier molecular flexibility index (Phi) is 6.27. The third-order valence-electron chi connectivity index (χ3n) is 4.16. The van der Waals surface area contributed by atoms with Crippen LogP contribution >= 0.6 is 0 Å². The SMILES string of the molecule is C[C@@H](Nc1ccc(OCc2ccccc2)cc1)C(=O)Nc1ccc(C#N)cc1. The monoisotopic (exact) mass is 371 g/mol. The number of hydrogen-bond acceptors (Lipinski definition) is 4. The van der Waals surface area contributed by atoms with E-state index in [0.29, 0.717) is 17.9 Å². The predicted molar refractivity (Wildman–Crippen MR) is 110 cm³/mol. The summed E-state index contributed by atoms with van der Waals surface area (Å²) in [4.78, 5) is 12.3. The normalized spacial score (nSPS) is 11.1. The molecule has 0 heterocycles. The first kappa shape index (κ1) is 19.0. The van der Waals surface area contributed by atoms with Gasteiger partial charge in [0.05, 0.1) is 11.6 Å². The molecule has 1 atom stereocenters. The number of nitriles is 1. The minimum Gasteiger partial charge on any atom is -0.489 e. The molecule has 2 N–H and O–H groups in total. The zero-order chi connectivity index (χ0) is 19.8. The molecule has 140 valence electrons. The standard InChI is InChI=1S/C23H21N3O2/c1-17(23(27)26-21-9-7-18(15-24)8-10-21)25-20-11-13-22(14-12-20)28-16-19-5-3-2-4-6-19/h2-14,17,25H,16H2,1H3,(H,26,27)/t17-/m1/s1. The Morgan fingerprint density at radius 2 is 1.61 bits per heavy atom. The lowest BCUT2D eigenvalue weighted by molar-refractivity contribution is -0.116. The van der Waals surface area contributed by atoms with Crippen molar-refractivity contribution < 1.29 is 9.53 Å². The number of amides is 1. The van der Waals surface area contributed by atoms with Gasteiger partial charge in [-0.2, -0.15) is 5.26 Å². The number of carbonyl (C=O) groups excluding carboxylic acids is 1. The molecule has 3 rings (SSSR count). The van der Waals surface area contributed by atoms with Crippen LogP contribution in [0.2, 0.25) is 0 Å². The largest absolute Gasteiger partial charge is 0.489 e. The van der Waals surface area contributed by atoms with Crippen LogP contribution < -0.4 is 15.4 Å². The summed E-state index contributed by atoms with van der Waals surface area (Å²) in [6.45, 7) is 2.30. The first-order valence-corrected chi connectivity index (χ1v) is 8.98. The smallest absolute Gasteiger partial charge is 0.246 e. The van der Waals surface area contributed by atoms with Gasteiger partial charge in [0.15, 0.2) is 0 Å². The molecule has 3 aromatic carbocycles. The maximum Gasteiger partial charge on any atom is 0.246 e. The van der Waals surface area contributed by atoms with E-state index >= 15 is 0 Å². The van der Waals surface area contributed by atoms with Crippen LogP contribution in [0.3, 0.4) is 0 Å². The summed E-state index contributed by atoms with van der Waals surface area (Å²) in [7, 11) is 0. The number of rotatable bonds is 7. The topological polar surface area (TPSA) is 74.2 Å². The van der Waals surface area contributed by atoms with E-state index in [-0.39, 0.29) is 5.91 Å². The van der Waals surface area contributed by atoms with Gasteiger partial charge in [-0.15, -0.1) is 0 Å². The zero-order valence-electron chi connectivity index (χ0n) is 15.6. The fraction of sp³-hybridized carbons (Fsp3) is 0.130. The Morgan fingerprint density at radius 1 is 0.964 bits per heavy atom. The molecular weight excluding hydrogens is 350 g/mol. The molecular formula is C23H21N3O2. The number of anilines is 2. The molecule has 0 bridgehead atoms. The van der Waals surface area contributed by atoms with Gasteiger partial charge in [-0.3, -0.25) is 4.79 Å². The van der Waals surface area contributed by atoms with E-state index in [4.69, 9.17) is 10.00 Å². The minimum absolute atomic E-state index is 0.158. The predicted octanol–water partition coefficient (Wildman–Crippen LogP) is 4.58. The summed E-state index contributed by atoms with van der Waals surface area (Å²) < 4.78 is 5.77. The maximum absolute atomic E-state index is 12.3. The number of ether oxygens (including phenoxy) is 1. The number of nitrogens with zero attached hydrogens (tertiary/aromatic N) is 1. The van der Waals surface area contributed by atoms with Crippen LogP contribution in [0.4, 0.5) is 11.4 Å². The van der Waals surface area contributed by atoms with Crippen LogP contribution in [0.1, 0.15) is 18.1 Å². The Bertz CT molecular complexity index is 946. The molecule has 3 aromatic rings. The molecule has 0 aromatic heterocycles. The van der Waals surface area contributed by atoms with Crippen molar-refractivity contribution in [1.82, 2.24) is 0 Å². The lowest BCUT2D eigenvalue weighted by Gasteiger charge is -2.16. The highest BCUT2D eigenvalue weighted by atomic mass is 16.5. The Morgan fingerprint density at radius 3 is 2.25 bits per heavy atom. The molecule has 0 fully saturated rings. The second-order valence-electron chi connectivity index (χ2n) is 6.34. The Balaban J connectivity index is 1.51. The molecule has 0 aliphatic carbocycles. The van der Waals surface area contributed by atoms with Crippen molar-refractivity contribution in [2.24, 2.45) is 0 Å². The van der Waals surface area contributed by atoms with Crippen molar-refractivity contribution >= 4 is 17.3 Å². The Labute approximate surface area is 164 Å². The van der Waals surface area contributed by atoms with E-state index in [0.717, 1.165) is 17.0 Å². The van der Waals surface area contributed by atoms with Gasteiger partial charge < -0.3 is 15.4 Å². The van der Waals surface area contributed by atoms with Crippen LogP contribution in [0.5, 0.6) is 5.75 Å². The number of benzene rings is 3. The van der Waals surface area contributed by atoms with Crippen LogP contribution in [-0.2, 0) is 11.4 Å². The zero-order valence-corrected chi connectivity index (χ0v) is 15.6. The van der Waals surface area contributed by atoms with E-state index < -0.39 is 6.04 Å². The third-order valence-corrected chi connectivity index (χ3v) is 4.16. The van der Waals surface area contributed by atoms with Gasteiger partial charge in [-0.1, -0.05) is 30.3 Å². The summed E-state index contributed by atoms with van der Waals surface area (Å²) >= 11 is 0. The number of carbonyl (C=O) groups is 1. The van der Waals surface area contributed by atoms with Gasteiger partial charge in [0.1, 0.15) is 18.4 Å².